The molecule has 3 rings (SSSR count). The Labute approximate surface area is 189 Å². The third-order valence-corrected chi connectivity index (χ3v) is 4.55. The van der Waals surface area contributed by atoms with Crippen LogP contribution in [0.2, 0.25) is 10.0 Å². The molecular weight excluding hydrogens is 437 g/mol. The van der Waals surface area contributed by atoms with E-state index in [0.29, 0.717) is 28.1 Å². The Balaban J connectivity index is 1.47. The van der Waals surface area contributed by atoms with Gasteiger partial charge in [-0.3, -0.25) is 9.59 Å². The Morgan fingerprint density at radius 1 is 0.935 bits per heavy atom. The normalized spacial score (nSPS) is 10.7. The number of hydrazone groups is 1. The molecule has 0 aromatic heterocycles. The van der Waals surface area contributed by atoms with Crippen molar-refractivity contribution in [1.82, 2.24) is 5.43 Å². The molecule has 2 N–H and O–H groups in total. The van der Waals surface area contributed by atoms with Crippen molar-refractivity contribution in [2.24, 2.45) is 5.10 Å². The molecule has 0 saturated heterocycles. The third kappa shape index (κ3) is 7.13. The van der Waals surface area contributed by atoms with E-state index in [1.807, 2.05) is 31.2 Å². The van der Waals surface area contributed by atoms with Crippen LogP contribution in [0.3, 0.4) is 0 Å². The minimum absolute atomic E-state index is 0.308. The van der Waals surface area contributed by atoms with Crippen LogP contribution in [0.4, 0.5) is 5.69 Å². The highest BCUT2D eigenvalue weighted by atomic mass is 35.5. The Morgan fingerprint density at radius 3 is 2.23 bits per heavy atom. The van der Waals surface area contributed by atoms with Crippen molar-refractivity contribution < 1.29 is 14.3 Å². The summed E-state index contributed by atoms with van der Waals surface area (Å²) in [5, 5.41) is 6.87. The van der Waals surface area contributed by atoms with E-state index in [0.717, 1.165) is 11.1 Å². The molecule has 0 saturated carbocycles. The minimum atomic E-state index is -0.926. The van der Waals surface area contributed by atoms with Gasteiger partial charge in [-0.1, -0.05) is 53.0 Å². The first kappa shape index (κ1) is 22.3. The topological polar surface area (TPSA) is 79.8 Å². The fourth-order valence-corrected chi connectivity index (χ4v) is 3.06. The summed E-state index contributed by atoms with van der Waals surface area (Å²) in [6.45, 7) is 2.51. The van der Waals surface area contributed by atoms with Crippen molar-refractivity contribution in [2.75, 3.05) is 5.32 Å². The molecule has 0 fully saturated rings. The lowest BCUT2D eigenvalue weighted by Crippen LogP contribution is -2.32. The lowest BCUT2D eigenvalue weighted by atomic mass is 10.2. The van der Waals surface area contributed by atoms with Crippen LogP contribution in [0.5, 0.6) is 5.75 Å². The number of benzene rings is 3. The molecule has 3 aromatic rings. The summed E-state index contributed by atoms with van der Waals surface area (Å²) in [6, 6.07) is 19.8. The first-order valence-electron chi connectivity index (χ1n) is 9.28. The number of hydrogen-bond acceptors (Lipinski definition) is 4. The lowest BCUT2D eigenvalue weighted by Gasteiger charge is -2.07. The summed E-state index contributed by atoms with van der Waals surface area (Å²) in [7, 11) is 0. The van der Waals surface area contributed by atoms with Gasteiger partial charge in [0.15, 0.2) is 0 Å². The molecule has 158 valence electrons. The predicted molar refractivity (Wildman–Crippen MR) is 123 cm³/mol. The van der Waals surface area contributed by atoms with Crippen molar-refractivity contribution in [1.29, 1.82) is 0 Å². The lowest BCUT2D eigenvalue weighted by molar-refractivity contribution is -0.136. The molecule has 0 spiro atoms. The second-order valence-electron chi connectivity index (χ2n) is 6.65. The van der Waals surface area contributed by atoms with Crippen molar-refractivity contribution in [2.45, 2.75) is 13.5 Å². The monoisotopic (exact) mass is 455 g/mol. The van der Waals surface area contributed by atoms with Gasteiger partial charge in [-0.15, -0.1) is 0 Å². The van der Waals surface area contributed by atoms with Crippen LogP contribution in [0.25, 0.3) is 0 Å². The number of nitrogens with one attached hydrogen (secondary N) is 2. The summed E-state index contributed by atoms with van der Waals surface area (Å²) in [5.74, 6) is -1.11. The average Bonchev–Trinajstić information content (AvgIpc) is 2.73. The molecule has 0 radical (unpaired) electrons. The highest BCUT2D eigenvalue weighted by molar-refractivity contribution is 6.40. The van der Waals surface area contributed by atoms with Gasteiger partial charge in [-0.25, -0.2) is 5.43 Å². The van der Waals surface area contributed by atoms with Gasteiger partial charge in [0.05, 0.1) is 6.21 Å². The van der Waals surface area contributed by atoms with Gasteiger partial charge in [0.1, 0.15) is 12.4 Å². The summed E-state index contributed by atoms with van der Waals surface area (Å²) in [4.78, 5) is 23.8. The standard InChI is InChI=1S/C23H19Cl2N3O3/c1-15-2-4-17(5-3-15)14-31-21-8-6-16(7-9-21)13-26-28-23(30)22(29)27-20-11-18(24)10-19(25)12-20/h2-13H,14H2,1H3,(H,27,29)(H,28,30)/b26-13+. The summed E-state index contributed by atoms with van der Waals surface area (Å²) in [6.07, 6.45) is 1.42. The number of halogens is 2. The summed E-state index contributed by atoms with van der Waals surface area (Å²) >= 11 is 11.7. The van der Waals surface area contributed by atoms with Crippen molar-refractivity contribution in [3.8, 4) is 5.75 Å². The van der Waals surface area contributed by atoms with Crippen LogP contribution in [0, 0.1) is 6.92 Å². The van der Waals surface area contributed by atoms with Crippen LogP contribution in [-0.4, -0.2) is 18.0 Å². The fourth-order valence-electron chi connectivity index (χ4n) is 2.53. The molecule has 31 heavy (non-hydrogen) atoms. The van der Waals surface area contributed by atoms with Gasteiger partial charge in [0.25, 0.3) is 0 Å². The van der Waals surface area contributed by atoms with Gasteiger partial charge in [0, 0.05) is 15.7 Å². The van der Waals surface area contributed by atoms with E-state index in [1.54, 1.807) is 24.3 Å². The SMILES string of the molecule is Cc1ccc(COc2ccc(/C=N/NC(=O)C(=O)Nc3cc(Cl)cc(Cl)c3)cc2)cc1. The number of rotatable bonds is 6. The van der Waals surface area contributed by atoms with E-state index >= 15 is 0 Å². The second kappa shape index (κ2) is 10.6. The maximum absolute atomic E-state index is 11.9. The zero-order valence-corrected chi connectivity index (χ0v) is 18.1. The molecular formula is C23H19Cl2N3O3. The molecule has 3 aromatic carbocycles. The zero-order valence-electron chi connectivity index (χ0n) is 16.6. The molecule has 6 nitrogen and oxygen atoms in total. The summed E-state index contributed by atoms with van der Waals surface area (Å²) in [5.41, 5.74) is 5.48. The van der Waals surface area contributed by atoms with Crippen molar-refractivity contribution in [3.63, 3.8) is 0 Å². The van der Waals surface area contributed by atoms with Gasteiger partial charge >= 0.3 is 11.8 Å². The largest absolute Gasteiger partial charge is 0.489 e. The van der Waals surface area contributed by atoms with Crippen LogP contribution in [0.15, 0.2) is 71.8 Å². The number of carbonyl (C=O) groups is 2. The molecule has 0 bridgehead atoms. The van der Waals surface area contributed by atoms with E-state index in [-0.39, 0.29) is 0 Å². The van der Waals surface area contributed by atoms with Gasteiger partial charge in [0.2, 0.25) is 0 Å². The van der Waals surface area contributed by atoms with E-state index < -0.39 is 11.8 Å². The van der Waals surface area contributed by atoms with Crippen molar-refractivity contribution >= 4 is 46.9 Å². The molecule has 8 heteroatoms. The van der Waals surface area contributed by atoms with E-state index in [2.05, 4.69) is 15.8 Å². The highest BCUT2D eigenvalue weighted by Crippen LogP contribution is 2.22. The average molecular weight is 456 g/mol. The first-order chi connectivity index (χ1) is 14.9. The predicted octanol–water partition coefficient (Wildman–Crippen LogP) is 4.97. The fraction of sp³-hybridized carbons (Fsp3) is 0.0870. The number of aryl methyl sites for hydroxylation is 1. The van der Waals surface area contributed by atoms with Crippen LogP contribution >= 0.6 is 23.2 Å². The van der Waals surface area contributed by atoms with Gasteiger partial charge in [-0.2, -0.15) is 5.10 Å². The molecule has 0 atom stereocenters. The van der Waals surface area contributed by atoms with Gasteiger partial charge in [-0.05, 0) is 60.5 Å². The maximum atomic E-state index is 11.9. The van der Waals surface area contributed by atoms with Crippen LogP contribution in [0.1, 0.15) is 16.7 Å². The molecule has 0 aliphatic heterocycles. The Kier molecular flexibility index (Phi) is 7.65. The van der Waals surface area contributed by atoms with Crippen LogP contribution < -0.4 is 15.5 Å². The van der Waals surface area contributed by atoms with E-state index in [4.69, 9.17) is 27.9 Å². The Bertz CT molecular complexity index is 1080. The first-order valence-corrected chi connectivity index (χ1v) is 10.0. The number of carbonyl (C=O) groups excluding carboxylic acids is 2. The highest BCUT2D eigenvalue weighted by Gasteiger charge is 2.13. The molecule has 0 unspecified atom stereocenters. The number of anilines is 1. The second-order valence-corrected chi connectivity index (χ2v) is 7.53. The Hall–Kier alpha value is -3.35. The van der Waals surface area contributed by atoms with E-state index in [1.165, 1.54) is 30.0 Å². The number of nitrogens with zero attached hydrogens (tertiary/aromatic N) is 1. The smallest absolute Gasteiger partial charge is 0.329 e. The maximum Gasteiger partial charge on any atom is 0.329 e. The quantitative estimate of drug-likeness (QED) is 0.312. The molecule has 0 aliphatic rings. The number of ether oxygens (including phenoxy) is 1. The number of hydrogen-bond donors (Lipinski definition) is 2. The third-order valence-electron chi connectivity index (χ3n) is 4.11. The van der Waals surface area contributed by atoms with Gasteiger partial charge < -0.3 is 10.1 Å². The minimum Gasteiger partial charge on any atom is -0.489 e. The Morgan fingerprint density at radius 2 is 1.58 bits per heavy atom. The van der Waals surface area contributed by atoms with Crippen molar-refractivity contribution in [3.05, 3.63) is 93.5 Å². The molecule has 0 aliphatic carbocycles. The molecule has 0 heterocycles. The number of amides is 2. The zero-order chi connectivity index (χ0) is 22.2. The summed E-state index contributed by atoms with van der Waals surface area (Å²) < 4.78 is 5.75. The van der Waals surface area contributed by atoms with E-state index in [9.17, 15) is 9.59 Å². The molecule has 2 amide bonds. The van der Waals surface area contributed by atoms with Crippen LogP contribution in [-0.2, 0) is 16.2 Å².